The number of carboxylic acids is 1. The van der Waals surface area contributed by atoms with E-state index in [0.29, 0.717) is 12.3 Å². The first-order valence-corrected chi connectivity index (χ1v) is 7.70. The molecule has 0 aromatic heterocycles. The van der Waals surface area contributed by atoms with Crippen LogP contribution >= 0.6 is 0 Å². The van der Waals surface area contributed by atoms with Crippen LogP contribution in [0, 0.1) is 11.8 Å². The van der Waals surface area contributed by atoms with Gasteiger partial charge in [-0.15, -0.1) is 0 Å². The largest absolute Gasteiger partial charge is 0.480 e. The summed E-state index contributed by atoms with van der Waals surface area (Å²) < 4.78 is 25.7. The van der Waals surface area contributed by atoms with Crippen LogP contribution in [0.3, 0.4) is 0 Å². The predicted octanol–water partition coefficient (Wildman–Crippen LogP) is 1.21. The van der Waals surface area contributed by atoms with Crippen molar-refractivity contribution >= 4 is 16.0 Å². The molecule has 2 N–H and O–H groups in total. The van der Waals surface area contributed by atoms with Crippen molar-refractivity contribution in [3.63, 3.8) is 0 Å². The van der Waals surface area contributed by atoms with Crippen molar-refractivity contribution in [3.8, 4) is 0 Å². The summed E-state index contributed by atoms with van der Waals surface area (Å²) >= 11 is 0. The van der Waals surface area contributed by atoms with Gasteiger partial charge in [0, 0.05) is 0 Å². The van der Waals surface area contributed by atoms with E-state index in [1.165, 1.54) is 6.42 Å². The van der Waals surface area contributed by atoms with Crippen molar-refractivity contribution in [1.29, 1.82) is 0 Å². The van der Waals surface area contributed by atoms with E-state index in [-0.39, 0.29) is 11.7 Å². The second kappa shape index (κ2) is 5.82. The fraction of sp³-hybridized carbons (Fsp3) is 0.909. The molecule has 0 saturated heterocycles. The maximum absolute atomic E-state index is 11.7. The van der Waals surface area contributed by atoms with Gasteiger partial charge in [0.15, 0.2) is 0 Å². The number of sulfonamides is 1. The zero-order chi connectivity index (χ0) is 13.1. The molecule has 0 aliphatic heterocycles. The average Bonchev–Trinajstić information content (AvgIpc) is 2.10. The summed E-state index contributed by atoms with van der Waals surface area (Å²) in [4.78, 5) is 10.9. The van der Waals surface area contributed by atoms with E-state index in [0.717, 1.165) is 12.8 Å². The van der Waals surface area contributed by atoms with Crippen LogP contribution in [0.2, 0.25) is 0 Å². The smallest absolute Gasteiger partial charge is 0.321 e. The SMILES string of the molecule is CC(C)[C@@H](NS(=O)(=O)CCC1CCC1)C(=O)O. The van der Waals surface area contributed by atoms with Crippen molar-refractivity contribution in [2.45, 2.75) is 45.6 Å². The lowest BCUT2D eigenvalue weighted by Crippen LogP contribution is -2.45. The van der Waals surface area contributed by atoms with Gasteiger partial charge in [-0.3, -0.25) is 4.79 Å². The Morgan fingerprint density at radius 2 is 2.00 bits per heavy atom. The second-order valence-electron chi connectivity index (χ2n) is 5.08. The molecule has 1 rings (SSSR count). The minimum absolute atomic E-state index is 0.0359. The van der Waals surface area contributed by atoms with E-state index < -0.39 is 22.0 Å². The Kier molecular flexibility index (Phi) is 4.94. The highest BCUT2D eigenvalue weighted by molar-refractivity contribution is 7.89. The third kappa shape index (κ3) is 4.63. The van der Waals surface area contributed by atoms with Crippen LogP contribution < -0.4 is 4.72 Å². The van der Waals surface area contributed by atoms with Gasteiger partial charge in [-0.05, 0) is 18.3 Å². The van der Waals surface area contributed by atoms with E-state index in [9.17, 15) is 13.2 Å². The molecular weight excluding hydrogens is 242 g/mol. The summed E-state index contributed by atoms with van der Waals surface area (Å²) in [6.45, 7) is 3.38. The molecule has 0 heterocycles. The quantitative estimate of drug-likeness (QED) is 0.723. The minimum atomic E-state index is -3.47. The lowest BCUT2D eigenvalue weighted by Gasteiger charge is -2.25. The van der Waals surface area contributed by atoms with Gasteiger partial charge in [-0.1, -0.05) is 33.1 Å². The Hall–Kier alpha value is -0.620. The van der Waals surface area contributed by atoms with Crippen molar-refractivity contribution in [2.24, 2.45) is 11.8 Å². The molecule has 1 saturated carbocycles. The predicted molar refractivity (Wildman–Crippen MR) is 65.1 cm³/mol. The van der Waals surface area contributed by atoms with E-state index in [4.69, 9.17) is 5.11 Å². The molecule has 0 aromatic carbocycles. The maximum atomic E-state index is 11.7. The number of nitrogens with one attached hydrogen (secondary N) is 1. The van der Waals surface area contributed by atoms with E-state index >= 15 is 0 Å². The second-order valence-corrected chi connectivity index (χ2v) is 6.96. The van der Waals surface area contributed by atoms with Gasteiger partial charge in [0.1, 0.15) is 6.04 Å². The van der Waals surface area contributed by atoms with Crippen LogP contribution in [-0.4, -0.2) is 31.3 Å². The number of aliphatic carboxylic acids is 1. The van der Waals surface area contributed by atoms with E-state index in [1.807, 2.05) is 0 Å². The van der Waals surface area contributed by atoms with Crippen molar-refractivity contribution in [1.82, 2.24) is 4.72 Å². The zero-order valence-corrected chi connectivity index (χ0v) is 11.2. The van der Waals surface area contributed by atoms with Gasteiger partial charge < -0.3 is 5.11 Å². The first kappa shape index (κ1) is 14.4. The van der Waals surface area contributed by atoms with Crippen LogP contribution in [-0.2, 0) is 14.8 Å². The summed E-state index contributed by atoms with van der Waals surface area (Å²) in [6.07, 6.45) is 4.02. The summed E-state index contributed by atoms with van der Waals surface area (Å²) in [5.74, 6) is -0.833. The summed E-state index contributed by atoms with van der Waals surface area (Å²) in [5.41, 5.74) is 0. The van der Waals surface area contributed by atoms with Crippen molar-refractivity contribution in [2.75, 3.05) is 5.75 Å². The number of rotatable bonds is 7. The number of hydrogen-bond acceptors (Lipinski definition) is 3. The van der Waals surface area contributed by atoms with Crippen LogP contribution in [0.25, 0.3) is 0 Å². The van der Waals surface area contributed by atoms with Crippen molar-refractivity contribution in [3.05, 3.63) is 0 Å². The summed E-state index contributed by atoms with van der Waals surface area (Å²) in [5, 5.41) is 8.91. The lowest BCUT2D eigenvalue weighted by atomic mass is 9.84. The standard InChI is InChI=1S/C11H21NO4S/c1-8(2)10(11(13)14)12-17(15,16)7-6-9-4-3-5-9/h8-10,12H,3-7H2,1-2H3,(H,13,14)/t10-/m1/s1. The van der Waals surface area contributed by atoms with Crippen LogP contribution in [0.1, 0.15) is 39.5 Å². The van der Waals surface area contributed by atoms with Gasteiger partial charge in [-0.25, -0.2) is 13.1 Å². The molecule has 5 nitrogen and oxygen atoms in total. The Morgan fingerprint density at radius 1 is 1.41 bits per heavy atom. The molecule has 0 unspecified atom stereocenters. The van der Waals surface area contributed by atoms with Crippen LogP contribution in [0.15, 0.2) is 0 Å². The number of carbonyl (C=O) groups is 1. The molecule has 1 aliphatic rings. The average molecular weight is 263 g/mol. The van der Waals surface area contributed by atoms with Gasteiger partial charge in [-0.2, -0.15) is 0 Å². The molecule has 0 aromatic rings. The van der Waals surface area contributed by atoms with E-state index in [1.54, 1.807) is 13.8 Å². The Labute approximate surface area is 103 Å². The van der Waals surface area contributed by atoms with Crippen LogP contribution in [0.4, 0.5) is 0 Å². The molecule has 0 amide bonds. The monoisotopic (exact) mass is 263 g/mol. The highest BCUT2D eigenvalue weighted by atomic mass is 32.2. The van der Waals surface area contributed by atoms with Gasteiger partial charge >= 0.3 is 5.97 Å². The van der Waals surface area contributed by atoms with Crippen LogP contribution in [0.5, 0.6) is 0 Å². The Morgan fingerprint density at radius 3 is 2.35 bits per heavy atom. The molecule has 100 valence electrons. The minimum Gasteiger partial charge on any atom is -0.480 e. The maximum Gasteiger partial charge on any atom is 0.321 e. The fourth-order valence-corrected chi connectivity index (χ4v) is 3.35. The molecular formula is C11H21NO4S. The molecule has 0 spiro atoms. The third-order valence-electron chi connectivity index (χ3n) is 3.26. The first-order chi connectivity index (χ1) is 7.82. The molecule has 1 atom stereocenters. The van der Waals surface area contributed by atoms with Gasteiger partial charge in [0.25, 0.3) is 0 Å². The molecule has 6 heteroatoms. The lowest BCUT2D eigenvalue weighted by molar-refractivity contribution is -0.140. The molecule has 1 aliphatic carbocycles. The number of hydrogen-bond donors (Lipinski definition) is 2. The molecule has 0 bridgehead atoms. The molecule has 0 radical (unpaired) electrons. The van der Waals surface area contributed by atoms with Gasteiger partial charge in [0.2, 0.25) is 10.0 Å². The zero-order valence-electron chi connectivity index (χ0n) is 10.3. The highest BCUT2D eigenvalue weighted by Gasteiger charge is 2.28. The third-order valence-corrected chi connectivity index (χ3v) is 4.65. The topological polar surface area (TPSA) is 83.5 Å². The molecule has 1 fully saturated rings. The first-order valence-electron chi connectivity index (χ1n) is 6.04. The van der Waals surface area contributed by atoms with Crippen molar-refractivity contribution < 1.29 is 18.3 Å². The summed E-state index contributed by atoms with van der Waals surface area (Å²) in [6, 6.07) is -1.03. The van der Waals surface area contributed by atoms with Gasteiger partial charge in [0.05, 0.1) is 5.75 Å². The Bertz CT molecular complexity index is 360. The number of carboxylic acid groups (broad SMARTS) is 1. The normalized spacial score (nSPS) is 19.0. The Balaban J connectivity index is 2.48. The summed E-state index contributed by atoms with van der Waals surface area (Å²) in [7, 11) is -3.47. The molecule has 17 heavy (non-hydrogen) atoms. The van der Waals surface area contributed by atoms with E-state index in [2.05, 4.69) is 4.72 Å². The fourth-order valence-electron chi connectivity index (χ4n) is 1.83. The highest BCUT2D eigenvalue weighted by Crippen LogP contribution is 2.29.